The van der Waals surface area contributed by atoms with Gasteiger partial charge in [0.1, 0.15) is 4.83 Å². The maximum Gasteiger partial charge on any atom is 0.318 e. The normalized spacial score (nSPS) is 14.3. The highest BCUT2D eigenvalue weighted by atomic mass is 32.2. The Morgan fingerprint density at radius 2 is 1.94 bits per heavy atom. The van der Waals surface area contributed by atoms with E-state index in [1.54, 1.807) is 15.9 Å². The third-order valence-corrected chi connectivity index (χ3v) is 8.57. The number of hydrogen-bond donors (Lipinski definition) is 2. The van der Waals surface area contributed by atoms with Crippen molar-refractivity contribution in [3.05, 3.63) is 56.7 Å². The van der Waals surface area contributed by atoms with E-state index in [1.165, 1.54) is 16.6 Å². The van der Waals surface area contributed by atoms with E-state index in [0.717, 1.165) is 47.0 Å². The number of carbonyl (C=O) groups is 2. The molecule has 1 unspecified atom stereocenters. The minimum Gasteiger partial charge on any atom is -0.351 e. The molecule has 2 heterocycles. The van der Waals surface area contributed by atoms with Gasteiger partial charge in [0.2, 0.25) is 5.91 Å². The van der Waals surface area contributed by atoms with E-state index in [4.69, 9.17) is 10.7 Å². The lowest BCUT2D eigenvalue weighted by Crippen LogP contribution is -2.42. The van der Waals surface area contributed by atoms with Crippen LogP contribution in [0.25, 0.3) is 10.2 Å². The number of nitrogens with two attached hydrogens (primary N) is 1. The molecule has 9 heteroatoms. The van der Waals surface area contributed by atoms with Gasteiger partial charge < -0.3 is 5.73 Å². The van der Waals surface area contributed by atoms with E-state index in [9.17, 15) is 14.4 Å². The number of nitrogens with one attached hydrogen (secondary N) is 1. The van der Waals surface area contributed by atoms with E-state index in [0.29, 0.717) is 18.1 Å². The molecule has 0 fully saturated rings. The van der Waals surface area contributed by atoms with E-state index < -0.39 is 17.2 Å². The number of thiophene rings is 1. The lowest BCUT2D eigenvalue weighted by Gasteiger charge is -2.20. The van der Waals surface area contributed by atoms with Gasteiger partial charge in [0.25, 0.3) is 5.56 Å². The van der Waals surface area contributed by atoms with Crippen LogP contribution in [0.15, 0.2) is 40.3 Å². The molecule has 7 nitrogen and oxygen atoms in total. The van der Waals surface area contributed by atoms with Crippen molar-refractivity contribution in [3.8, 4) is 0 Å². The summed E-state index contributed by atoms with van der Waals surface area (Å²) in [4.78, 5) is 44.5. The maximum absolute atomic E-state index is 13.7. The third-order valence-electron chi connectivity index (χ3n) is 5.85. The van der Waals surface area contributed by atoms with Crippen LogP contribution < -0.4 is 16.6 Å². The molecule has 1 aromatic carbocycles. The molecule has 0 radical (unpaired) electrons. The van der Waals surface area contributed by atoms with Crippen molar-refractivity contribution in [3.63, 3.8) is 0 Å². The fraction of sp³-hybridized carbons (Fsp3) is 0.417. The predicted molar refractivity (Wildman–Crippen MR) is 133 cm³/mol. The third kappa shape index (κ3) is 5.14. The molecule has 0 spiro atoms. The van der Waals surface area contributed by atoms with Gasteiger partial charge >= 0.3 is 6.03 Å². The molecule has 3 aromatic rings. The largest absolute Gasteiger partial charge is 0.351 e. The molecule has 3 N–H and O–H groups in total. The Morgan fingerprint density at radius 3 is 2.64 bits per heavy atom. The van der Waals surface area contributed by atoms with Gasteiger partial charge in [-0.15, -0.1) is 11.3 Å². The molecule has 0 saturated carbocycles. The summed E-state index contributed by atoms with van der Waals surface area (Å²) < 4.78 is 1.70. The van der Waals surface area contributed by atoms with Crippen LogP contribution in [-0.4, -0.2) is 26.7 Å². The molecule has 3 amide bonds. The van der Waals surface area contributed by atoms with Gasteiger partial charge in [0, 0.05) is 11.4 Å². The van der Waals surface area contributed by atoms with Crippen LogP contribution in [0.3, 0.4) is 0 Å². The van der Waals surface area contributed by atoms with Crippen molar-refractivity contribution in [2.75, 3.05) is 0 Å². The number of aromatic nitrogens is 2. The maximum atomic E-state index is 13.7. The molecular formula is C24H28N4O3S2. The van der Waals surface area contributed by atoms with Crippen LogP contribution in [0.1, 0.15) is 42.7 Å². The second-order valence-electron chi connectivity index (χ2n) is 8.61. The first-order valence-electron chi connectivity index (χ1n) is 11.2. The van der Waals surface area contributed by atoms with Gasteiger partial charge in [-0.1, -0.05) is 55.9 Å². The fourth-order valence-electron chi connectivity index (χ4n) is 4.19. The average Bonchev–Trinajstić information content (AvgIpc) is 3.15. The number of amides is 3. The summed E-state index contributed by atoms with van der Waals surface area (Å²) in [6.45, 7) is 4.25. The van der Waals surface area contributed by atoms with Crippen LogP contribution in [0, 0.1) is 5.92 Å². The molecule has 2 aromatic heterocycles. The van der Waals surface area contributed by atoms with E-state index in [1.807, 2.05) is 44.2 Å². The zero-order valence-electron chi connectivity index (χ0n) is 18.8. The zero-order chi connectivity index (χ0) is 23.5. The average molecular weight is 485 g/mol. The van der Waals surface area contributed by atoms with Crippen molar-refractivity contribution < 1.29 is 9.59 Å². The number of rotatable bonds is 7. The topological polar surface area (TPSA) is 107 Å². The number of primary amides is 1. The van der Waals surface area contributed by atoms with Gasteiger partial charge in [-0.25, -0.2) is 9.78 Å². The molecule has 1 atom stereocenters. The Labute approximate surface area is 200 Å². The van der Waals surface area contributed by atoms with E-state index in [-0.39, 0.29) is 11.5 Å². The fourth-order valence-corrected chi connectivity index (χ4v) is 6.61. The smallest absolute Gasteiger partial charge is 0.318 e. The first kappa shape index (κ1) is 23.5. The van der Waals surface area contributed by atoms with Gasteiger partial charge in [0.05, 0.1) is 10.6 Å². The van der Waals surface area contributed by atoms with Crippen LogP contribution in [0.4, 0.5) is 4.79 Å². The number of aryl methyl sites for hydroxylation is 3. The van der Waals surface area contributed by atoms with Crippen molar-refractivity contribution >= 4 is 45.3 Å². The lowest BCUT2D eigenvalue weighted by molar-refractivity contribution is -0.120. The quantitative estimate of drug-likeness (QED) is 0.391. The molecule has 0 saturated heterocycles. The van der Waals surface area contributed by atoms with Crippen LogP contribution in [0.2, 0.25) is 0 Å². The van der Waals surface area contributed by atoms with E-state index >= 15 is 0 Å². The summed E-state index contributed by atoms with van der Waals surface area (Å²) in [6, 6.07) is 9.11. The van der Waals surface area contributed by atoms with Crippen molar-refractivity contribution in [1.29, 1.82) is 0 Å². The number of benzene rings is 1. The minimum atomic E-state index is -0.887. The Kier molecular flexibility index (Phi) is 7.19. The standard InChI is InChI=1S/C24H28N4O3S2/c1-14(2)19(20(29)26-23(25)31)33-24-27-21-18(16-10-6-7-11-17(16)32-21)22(30)28(24)13-12-15-8-4-3-5-9-15/h3-5,8-9,14,19H,6-7,10-13H2,1-2H3,(H3,25,26,29,31). The molecule has 1 aliphatic rings. The first-order valence-corrected chi connectivity index (χ1v) is 12.9. The SMILES string of the molecule is CC(C)C(Sc1nc2sc3c(c2c(=O)n1CCc1ccccc1)CCCC3)C(=O)NC(N)=O. The second kappa shape index (κ2) is 10.1. The molecule has 0 bridgehead atoms. The number of carbonyl (C=O) groups excluding carboxylic acids is 2. The summed E-state index contributed by atoms with van der Waals surface area (Å²) in [5.41, 5.74) is 7.40. The number of thioether (sulfide) groups is 1. The number of fused-ring (bicyclic) bond motifs is 3. The number of imide groups is 1. The van der Waals surface area contributed by atoms with Crippen molar-refractivity contribution in [2.24, 2.45) is 11.7 Å². The van der Waals surface area contributed by atoms with Gasteiger partial charge in [-0.3, -0.25) is 19.5 Å². The van der Waals surface area contributed by atoms with Crippen molar-refractivity contribution in [2.45, 2.75) is 62.9 Å². The van der Waals surface area contributed by atoms with E-state index in [2.05, 4.69) is 5.32 Å². The number of nitrogens with zero attached hydrogens (tertiary/aromatic N) is 2. The summed E-state index contributed by atoms with van der Waals surface area (Å²) >= 11 is 2.82. The second-order valence-corrected chi connectivity index (χ2v) is 10.8. The number of urea groups is 1. The summed E-state index contributed by atoms with van der Waals surface area (Å²) in [7, 11) is 0. The zero-order valence-corrected chi connectivity index (χ0v) is 20.4. The van der Waals surface area contributed by atoms with Crippen LogP contribution >= 0.6 is 23.1 Å². The van der Waals surface area contributed by atoms with Gasteiger partial charge in [-0.2, -0.15) is 0 Å². The number of hydrogen-bond acceptors (Lipinski definition) is 6. The molecule has 1 aliphatic carbocycles. The molecule has 0 aliphatic heterocycles. The molecular weight excluding hydrogens is 456 g/mol. The van der Waals surface area contributed by atoms with Gasteiger partial charge in [0.15, 0.2) is 5.16 Å². The Morgan fingerprint density at radius 1 is 1.21 bits per heavy atom. The van der Waals surface area contributed by atoms with Crippen LogP contribution in [-0.2, 0) is 30.6 Å². The monoisotopic (exact) mass is 484 g/mol. The Bertz CT molecular complexity index is 1230. The van der Waals surface area contributed by atoms with Gasteiger partial charge in [-0.05, 0) is 49.1 Å². The Hall–Kier alpha value is -2.65. The molecule has 33 heavy (non-hydrogen) atoms. The van der Waals surface area contributed by atoms with Crippen LogP contribution in [0.5, 0.6) is 0 Å². The minimum absolute atomic E-state index is 0.0457. The van der Waals surface area contributed by atoms with Crippen molar-refractivity contribution in [1.82, 2.24) is 14.9 Å². The highest BCUT2D eigenvalue weighted by Crippen LogP contribution is 2.36. The summed E-state index contributed by atoms with van der Waals surface area (Å²) in [6.07, 6.45) is 4.78. The molecule has 4 rings (SSSR count). The Balaban J connectivity index is 1.77. The summed E-state index contributed by atoms with van der Waals surface area (Å²) in [5, 5.41) is 2.80. The first-order chi connectivity index (χ1) is 15.8. The lowest BCUT2D eigenvalue weighted by atomic mass is 9.97. The summed E-state index contributed by atoms with van der Waals surface area (Å²) in [5.74, 6) is -0.571. The highest BCUT2D eigenvalue weighted by molar-refractivity contribution is 8.00. The highest BCUT2D eigenvalue weighted by Gasteiger charge is 2.28. The predicted octanol–water partition coefficient (Wildman–Crippen LogP) is 3.89. The molecule has 174 valence electrons.